The zero-order chi connectivity index (χ0) is 12.6. The molecule has 7 heteroatoms. The molecule has 0 amide bonds. The van der Waals surface area contributed by atoms with Crippen molar-refractivity contribution in [2.75, 3.05) is 5.73 Å². The average Bonchev–Trinajstić information content (AvgIpc) is 2.17. The van der Waals surface area contributed by atoms with Crippen molar-refractivity contribution in [1.82, 2.24) is 4.72 Å². The first-order chi connectivity index (χ1) is 7.90. The Morgan fingerprint density at radius 3 is 2.59 bits per heavy atom. The van der Waals surface area contributed by atoms with E-state index in [4.69, 9.17) is 5.73 Å². The van der Waals surface area contributed by atoms with E-state index in [-0.39, 0.29) is 21.1 Å². The lowest BCUT2D eigenvalue weighted by atomic mass is 9.94. The summed E-state index contributed by atoms with van der Waals surface area (Å²) in [5.41, 5.74) is 5.45. The predicted octanol–water partition coefficient (Wildman–Crippen LogP) is 2.00. The van der Waals surface area contributed by atoms with Crippen LogP contribution in [0.4, 0.5) is 10.1 Å². The zero-order valence-electron chi connectivity index (χ0n) is 8.91. The number of hydrogen-bond donors (Lipinski definition) is 2. The second-order valence-electron chi connectivity index (χ2n) is 4.05. The largest absolute Gasteiger partial charge is 0.398 e. The Bertz CT molecular complexity index is 543. The Kier molecular flexibility index (Phi) is 3.42. The zero-order valence-corrected chi connectivity index (χ0v) is 11.3. The summed E-state index contributed by atoms with van der Waals surface area (Å²) in [4.78, 5) is -0.0855. The van der Waals surface area contributed by atoms with Gasteiger partial charge in [-0.15, -0.1) is 0 Å². The Balaban J connectivity index is 2.35. The van der Waals surface area contributed by atoms with Crippen LogP contribution in [-0.4, -0.2) is 14.5 Å². The van der Waals surface area contributed by atoms with E-state index in [2.05, 4.69) is 20.7 Å². The van der Waals surface area contributed by atoms with Crippen molar-refractivity contribution in [2.24, 2.45) is 0 Å². The number of hydrogen-bond acceptors (Lipinski definition) is 3. The highest BCUT2D eigenvalue weighted by molar-refractivity contribution is 9.10. The maximum absolute atomic E-state index is 13.1. The Labute approximate surface area is 108 Å². The van der Waals surface area contributed by atoms with Crippen LogP contribution in [0, 0.1) is 5.82 Å². The van der Waals surface area contributed by atoms with Gasteiger partial charge in [-0.05, 0) is 40.9 Å². The smallest absolute Gasteiger partial charge is 0.242 e. The van der Waals surface area contributed by atoms with Gasteiger partial charge in [-0.2, -0.15) is 0 Å². The molecule has 4 nitrogen and oxygen atoms in total. The van der Waals surface area contributed by atoms with Crippen molar-refractivity contribution in [3.05, 3.63) is 22.4 Å². The first-order valence-electron chi connectivity index (χ1n) is 5.17. The molecule has 0 radical (unpaired) electrons. The standard InChI is InChI=1S/C10H12BrFN2O2S/c11-7-4-10(9(13)5-8(7)12)17(15,16)14-6-2-1-3-6/h4-6,14H,1-3,13H2. The monoisotopic (exact) mass is 322 g/mol. The molecule has 1 aliphatic rings. The predicted molar refractivity (Wildman–Crippen MR) is 66.5 cm³/mol. The minimum absolute atomic E-state index is 0.0248. The maximum atomic E-state index is 13.1. The maximum Gasteiger partial charge on any atom is 0.242 e. The molecule has 0 aromatic heterocycles. The van der Waals surface area contributed by atoms with E-state index in [1.165, 1.54) is 6.07 Å². The van der Waals surface area contributed by atoms with Crippen LogP contribution >= 0.6 is 15.9 Å². The van der Waals surface area contributed by atoms with Gasteiger partial charge >= 0.3 is 0 Å². The highest BCUT2D eigenvalue weighted by atomic mass is 79.9. The van der Waals surface area contributed by atoms with Gasteiger partial charge in [0.1, 0.15) is 10.7 Å². The normalized spacial score (nSPS) is 16.8. The van der Waals surface area contributed by atoms with Crippen LogP contribution in [0.15, 0.2) is 21.5 Å². The van der Waals surface area contributed by atoms with Gasteiger partial charge in [0.25, 0.3) is 0 Å². The van der Waals surface area contributed by atoms with Crippen LogP contribution in [0.2, 0.25) is 0 Å². The lowest BCUT2D eigenvalue weighted by Gasteiger charge is -2.26. The second kappa shape index (κ2) is 4.55. The van der Waals surface area contributed by atoms with Gasteiger partial charge in [0.05, 0.1) is 10.2 Å². The molecule has 0 unspecified atom stereocenters. The number of sulfonamides is 1. The molecule has 2 rings (SSSR count). The van der Waals surface area contributed by atoms with Gasteiger partial charge in [0.15, 0.2) is 0 Å². The highest BCUT2D eigenvalue weighted by Gasteiger charge is 2.26. The summed E-state index contributed by atoms with van der Waals surface area (Å²) < 4.78 is 39.7. The van der Waals surface area contributed by atoms with Gasteiger partial charge in [-0.3, -0.25) is 0 Å². The van der Waals surface area contributed by atoms with Crippen LogP contribution in [-0.2, 0) is 10.0 Å². The van der Waals surface area contributed by atoms with E-state index in [1.54, 1.807) is 0 Å². The molecule has 0 atom stereocenters. The minimum Gasteiger partial charge on any atom is -0.398 e. The number of benzene rings is 1. The molecule has 0 saturated heterocycles. The van der Waals surface area contributed by atoms with Gasteiger partial charge in [0, 0.05) is 6.04 Å². The number of nitrogens with two attached hydrogens (primary N) is 1. The molecule has 1 saturated carbocycles. The summed E-state index contributed by atoms with van der Waals surface area (Å²) in [6.45, 7) is 0. The third-order valence-electron chi connectivity index (χ3n) is 2.77. The summed E-state index contributed by atoms with van der Waals surface area (Å²) in [6, 6.07) is 2.16. The molecule has 17 heavy (non-hydrogen) atoms. The van der Waals surface area contributed by atoms with Crippen molar-refractivity contribution in [1.29, 1.82) is 0 Å². The van der Waals surface area contributed by atoms with Crippen molar-refractivity contribution < 1.29 is 12.8 Å². The molecule has 0 spiro atoms. The second-order valence-corrected chi connectivity index (χ2v) is 6.59. The fourth-order valence-corrected chi connectivity index (χ4v) is 3.52. The quantitative estimate of drug-likeness (QED) is 0.836. The Morgan fingerprint density at radius 1 is 1.41 bits per heavy atom. The van der Waals surface area contributed by atoms with Crippen molar-refractivity contribution >= 4 is 31.6 Å². The molecule has 1 fully saturated rings. The van der Waals surface area contributed by atoms with Gasteiger partial charge in [-0.1, -0.05) is 6.42 Å². The van der Waals surface area contributed by atoms with E-state index in [1.807, 2.05) is 0 Å². The molecule has 1 aromatic carbocycles. The Morgan fingerprint density at radius 2 is 2.06 bits per heavy atom. The lowest BCUT2D eigenvalue weighted by Crippen LogP contribution is -2.39. The van der Waals surface area contributed by atoms with E-state index >= 15 is 0 Å². The topological polar surface area (TPSA) is 72.2 Å². The van der Waals surface area contributed by atoms with Crippen molar-refractivity contribution in [3.63, 3.8) is 0 Å². The van der Waals surface area contributed by atoms with E-state index < -0.39 is 15.8 Å². The number of rotatable bonds is 3. The first-order valence-corrected chi connectivity index (χ1v) is 7.44. The van der Waals surface area contributed by atoms with Crippen molar-refractivity contribution in [2.45, 2.75) is 30.2 Å². The van der Waals surface area contributed by atoms with E-state index in [0.717, 1.165) is 25.3 Å². The molecular weight excluding hydrogens is 311 g/mol. The lowest BCUT2D eigenvalue weighted by molar-refractivity contribution is 0.383. The number of anilines is 1. The summed E-state index contributed by atoms with van der Waals surface area (Å²) in [6.07, 6.45) is 2.69. The molecule has 0 aliphatic heterocycles. The van der Waals surface area contributed by atoms with Crippen LogP contribution in [0.3, 0.4) is 0 Å². The molecular formula is C10H12BrFN2O2S. The molecule has 94 valence electrons. The number of halogens is 2. The molecule has 0 heterocycles. The number of nitrogens with one attached hydrogen (secondary N) is 1. The third kappa shape index (κ3) is 2.61. The van der Waals surface area contributed by atoms with Crippen LogP contribution in [0.5, 0.6) is 0 Å². The molecule has 0 bridgehead atoms. The average molecular weight is 323 g/mol. The Hall–Kier alpha value is -0.660. The van der Waals surface area contributed by atoms with Gasteiger partial charge < -0.3 is 5.73 Å². The fourth-order valence-electron chi connectivity index (χ4n) is 1.59. The third-order valence-corrected chi connectivity index (χ3v) is 4.95. The summed E-state index contributed by atoms with van der Waals surface area (Å²) in [5, 5.41) is 0. The van der Waals surface area contributed by atoms with Gasteiger partial charge in [-0.25, -0.2) is 17.5 Å². The first kappa shape index (κ1) is 12.8. The van der Waals surface area contributed by atoms with Crippen molar-refractivity contribution in [3.8, 4) is 0 Å². The van der Waals surface area contributed by atoms with E-state index in [9.17, 15) is 12.8 Å². The highest BCUT2D eigenvalue weighted by Crippen LogP contribution is 2.28. The minimum atomic E-state index is -3.66. The van der Waals surface area contributed by atoms with Crippen LogP contribution in [0.25, 0.3) is 0 Å². The molecule has 1 aliphatic carbocycles. The molecule has 1 aromatic rings. The van der Waals surface area contributed by atoms with Crippen LogP contribution in [0.1, 0.15) is 19.3 Å². The van der Waals surface area contributed by atoms with Crippen LogP contribution < -0.4 is 10.5 Å². The van der Waals surface area contributed by atoms with E-state index in [0.29, 0.717) is 0 Å². The SMILES string of the molecule is Nc1cc(F)c(Br)cc1S(=O)(=O)NC1CCC1. The number of nitrogen functional groups attached to an aromatic ring is 1. The molecule has 3 N–H and O–H groups in total. The summed E-state index contributed by atoms with van der Waals surface area (Å²) in [7, 11) is -3.66. The summed E-state index contributed by atoms with van der Waals surface area (Å²) >= 11 is 2.95. The van der Waals surface area contributed by atoms with Gasteiger partial charge in [0.2, 0.25) is 10.0 Å². The summed E-state index contributed by atoms with van der Waals surface area (Å²) in [5.74, 6) is -0.579. The fraction of sp³-hybridized carbons (Fsp3) is 0.400.